The maximum atomic E-state index is 9.44. The molecule has 3 N–H and O–H groups in total. The van der Waals surface area contributed by atoms with E-state index in [0.29, 0.717) is 0 Å². The highest BCUT2D eigenvalue weighted by atomic mass is 32.2. The Labute approximate surface area is 111 Å². The van der Waals surface area contributed by atoms with Gasteiger partial charge in [-0.2, -0.15) is 4.37 Å². The third kappa shape index (κ3) is 4.21. The normalized spacial score (nSPS) is 15.9. The molecule has 0 aliphatic rings. The van der Waals surface area contributed by atoms with Crippen molar-refractivity contribution in [3.63, 3.8) is 0 Å². The van der Waals surface area contributed by atoms with Gasteiger partial charge in [0.25, 0.3) is 0 Å². The Hall–Kier alpha value is -0.170. The summed E-state index contributed by atoms with van der Waals surface area (Å²) in [6, 6.07) is -0.0773. The molecule has 4 nitrogen and oxygen atoms in total. The van der Waals surface area contributed by atoms with Crippen molar-refractivity contribution in [2.45, 2.75) is 49.7 Å². The summed E-state index contributed by atoms with van der Waals surface area (Å²) in [7, 11) is 0. The molecule has 0 saturated carbocycles. The molecule has 0 spiro atoms. The molecule has 0 saturated heterocycles. The minimum atomic E-state index is -0.0773. The number of rotatable bonds is 5. The summed E-state index contributed by atoms with van der Waals surface area (Å²) in [6.07, 6.45) is 0.839. The van der Waals surface area contributed by atoms with Gasteiger partial charge < -0.3 is 10.8 Å². The lowest BCUT2D eigenvalue weighted by atomic mass is 9.85. The van der Waals surface area contributed by atoms with Gasteiger partial charge >= 0.3 is 0 Å². The van der Waals surface area contributed by atoms with Crippen LogP contribution in [0.25, 0.3) is 0 Å². The summed E-state index contributed by atoms with van der Waals surface area (Å²) in [6.45, 7) is 8.33. The second-order valence-corrected chi connectivity index (χ2v) is 7.30. The quantitative estimate of drug-likeness (QED) is 0.803. The fraction of sp³-hybridized carbons (Fsp3) is 0.818. The monoisotopic (exact) mass is 275 g/mol. The average Bonchev–Trinajstić information content (AvgIpc) is 2.71. The van der Waals surface area contributed by atoms with Gasteiger partial charge in [-0.15, -0.1) is 0 Å². The Morgan fingerprint density at radius 1 is 1.47 bits per heavy atom. The van der Waals surface area contributed by atoms with E-state index in [-0.39, 0.29) is 23.3 Å². The van der Waals surface area contributed by atoms with E-state index in [4.69, 9.17) is 5.73 Å². The molecule has 98 valence electrons. The van der Waals surface area contributed by atoms with Gasteiger partial charge in [-0.25, -0.2) is 4.98 Å². The maximum absolute atomic E-state index is 9.44. The minimum Gasteiger partial charge on any atom is -0.395 e. The molecule has 1 heterocycles. The minimum absolute atomic E-state index is 0.0291. The molecule has 1 rings (SSSR count). The average molecular weight is 275 g/mol. The second kappa shape index (κ2) is 6.13. The topological polar surface area (TPSA) is 72.0 Å². The highest BCUT2D eigenvalue weighted by molar-refractivity contribution is 8.01. The third-order valence-electron chi connectivity index (χ3n) is 2.60. The van der Waals surface area contributed by atoms with E-state index in [1.807, 2.05) is 6.92 Å². The van der Waals surface area contributed by atoms with E-state index in [9.17, 15) is 5.11 Å². The summed E-state index contributed by atoms with van der Waals surface area (Å²) in [5, 5.41) is 9.41. The van der Waals surface area contributed by atoms with Crippen molar-refractivity contribution in [1.29, 1.82) is 0 Å². The summed E-state index contributed by atoms with van der Waals surface area (Å²) in [4.78, 5) is 4.38. The highest BCUT2D eigenvalue weighted by Crippen LogP contribution is 2.32. The number of hydrogen-bond acceptors (Lipinski definition) is 6. The second-order valence-electron chi connectivity index (χ2n) is 5.06. The smallest absolute Gasteiger partial charge is 0.170 e. The first-order chi connectivity index (χ1) is 7.88. The molecule has 1 aromatic rings. The number of aryl methyl sites for hydroxylation is 1. The Bertz CT molecular complexity index is 349. The zero-order chi connectivity index (χ0) is 13.1. The van der Waals surface area contributed by atoms with Gasteiger partial charge in [0.1, 0.15) is 5.82 Å². The zero-order valence-corrected chi connectivity index (χ0v) is 12.4. The van der Waals surface area contributed by atoms with Crippen LogP contribution in [0, 0.1) is 5.41 Å². The van der Waals surface area contributed by atoms with E-state index < -0.39 is 0 Å². The van der Waals surface area contributed by atoms with Gasteiger partial charge in [0.05, 0.1) is 11.9 Å². The molecule has 17 heavy (non-hydrogen) atoms. The Balaban J connectivity index is 2.69. The number of nitrogens with two attached hydrogens (primary N) is 1. The molecule has 0 bridgehead atoms. The zero-order valence-electron chi connectivity index (χ0n) is 10.8. The van der Waals surface area contributed by atoms with E-state index in [1.54, 1.807) is 0 Å². The van der Waals surface area contributed by atoms with Crippen molar-refractivity contribution in [1.82, 2.24) is 9.36 Å². The lowest BCUT2D eigenvalue weighted by Gasteiger charge is -2.32. The Morgan fingerprint density at radius 2 is 2.12 bits per heavy atom. The number of aliphatic hydroxyl groups excluding tert-OH is 1. The van der Waals surface area contributed by atoms with Crippen molar-refractivity contribution in [3.05, 3.63) is 5.82 Å². The molecule has 6 heteroatoms. The first kappa shape index (κ1) is 14.9. The number of aliphatic hydroxyl groups is 1. The van der Waals surface area contributed by atoms with Crippen LogP contribution in [0.1, 0.15) is 33.5 Å². The molecule has 0 radical (unpaired) electrons. The van der Waals surface area contributed by atoms with Crippen LogP contribution in [0.4, 0.5) is 0 Å². The van der Waals surface area contributed by atoms with Crippen LogP contribution >= 0.6 is 23.3 Å². The molecule has 0 aliphatic carbocycles. The summed E-state index contributed by atoms with van der Waals surface area (Å²) in [5.74, 6) is 0.860. The van der Waals surface area contributed by atoms with Gasteiger partial charge in [-0.05, 0) is 16.9 Å². The Kier molecular flexibility index (Phi) is 5.37. The molecule has 0 fully saturated rings. The van der Waals surface area contributed by atoms with E-state index in [2.05, 4.69) is 30.1 Å². The van der Waals surface area contributed by atoms with Gasteiger partial charge in [-0.1, -0.05) is 39.5 Å². The lowest BCUT2D eigenvalue weighted by molar-refractivity contribution is 0.233. The van der Waals surface area contributed by atoms with Crippen molar-refractivity contribution in [2.24, 2.45) is 11.1 Å². The standard InChI is InChI=1S/C11H21N3OS2/c1-5-8-13-10(17-14-8)16-7(6-15)9(12)11(2,3)4/h7,9,15H,5-6,12H2,1-4H3. The first-order valence-electron chi connectivity index (χ1n) is 5.74. The van der Waals surface area contributed by atoms with E-state index >= 15 is 0 Å². The summed E-state index contributed by atoms with van der Waals surface area (Å²) >= 11 is 2.91. The van der Waals surface area contributed by atoms with Crippen molar-refractivity contribution < 1.29 is 5.11 Å². The molecule has 0 amide bonds. The van der Waals surface area contributed by atoms with Gasteiger partial charge in [0, 0.05) is 12.5 Å². The van der Waals surface area contributed by atoms with Crippen molar-refractivity contribution in [3.8, 4) is 0 Å². The number of thioether (sulfide) groups is 1. The molecular weight excluding hydrogens is 254 g/mol. The first-order valence-corrected chi connectivity index (χ1v) is 7.39. The Morgan fingerprint density at radius 3 is 2.53 bits per heavy atom. The van der Waals surface area contributed by atoms with Gasteiger partial charge in [0.15, 0.2) is 4.34 Å². The molecule has 0 aromatic carbocycles. The van der Waals surface area contributed by atoms with Gasteiger partial charge in [-0.3, -0.25) is 0 Å². The van der Waals surface area contributed by atoms with E-state index in [0.717, 1.165) is 16.6 Å². The predicted molar refractivity (Wildman–Crippen MR) is 73.4 cm³/mol. The molecule has 2 unspecified atom stereocenters. The number of aromatic nitrogens is 2. The highest BCUT2D eigenvalue weighted by Gasteiger charge is 2.30. The summed E-state index contributed by atoms with van der Waals surface area (Å²) in [5.41, 5.74) is 6.14. The third-order valence-corrected chi connectivity index (χ3v) is 4.70. The number of nitrogens with zero attached hydrogens (tertiary/aromatic N) is 2. The SMILES string of the molecule is CCc1nsc(SC(CO)C(N)C(C)(C)C)n1. The lowest BCUT2D eigenvalue weighted by Crippen LogP contribution is -2.45. The number of hydrogen-bond donors (Lipinski definition) is 2. The van der Waals surface area contributed by atoms with Gasteiger partial charge in [0.2, 0.25) is 0 Å². The molecule has 1 aromatic heterocycles. The van der Waals surface area contributed by atoms with Crippen LogP contribution in [0.5, 0.6) is 0 Å². The summed E-state index contributed by atoms with van der Waals surface area (Å²) < 4.78 is 5.12. The molecule has 0 aliphatic heterocycles. The van der Waals surface area contributed by atoms with E-state index in [1.165, 1.54) is 23.3 Å². The largest absolute Gasteiger partial charge is 0.395 e. The van der Waals surface area contributed by atoms with Crippen LogP contribution in [0.15, 0.2) is 4.34 Å². The fourth-order valence-electron chi connectivity index (χ4n) is 1.34. The molecule has 2 atom stereocenters. The van der Waals surface area contributed by atoms with Crippen LogP contribution < -0.4 is 5.73 Å². The van der Waals surface area contributed by atoms with Crippen LogP contribution in [0.3, 0.4) is 0 Å². The maximum Gasteiger partial charge on any atom is 0.170 e. The molecular formula is C11H21N3OS2. The van der Waals surface area contributed by atoms with Crippen LogP contribution in [0.2, 0.25) is 0 Å². The van der Waals surface area contributed by atoms with Crippen LogP contribution in [-0.2, 0) is 6.42 Å². The predicted octanol–water partition coefficient (Wildman–Crippen LogP) is 1.93. The van der Waals surface area contributed by atoms with Crippen molar-refractivity contribution in [2.75, 3.05) is 6.61 Å². The van der Waals surface area contributed by atoms with Crippen LogP contribution in [-0.4, -0.2) is 32.4 Å². The van der Waals surface area contributed by atoms with Crippen molar-refractivity contribution >= 4 is 23.3 Å². The fourth-order valence-corrected chi connectivity index (χ4v) is 3.54.